The molecular weight excluding hydrogens is 268 g/mol. The van der Waals surface area contributed by atoms with Crippen molar-refractivity contribution in [2.24, 2.45) is 0 Å². The Balaban J connectivity index is 1.63. The lowest BCUT2D eigenvalue weighted by Crippen LogP contribution is -2.46. The quantitative estimate of drug-likeness (QED) is 0.920. The van der Waals surface area contributed by atoms with E-state index in [-0.39, 0.29) is 5.60 Å². The van der Waals surface area contributed by atoms with Gasteiger partial charge in [0.2, 0.25) is 0 Å². The van der Waals surface area contributed by atoms with Gasteiger partial charge in [-0.15, -0.1) is 23.1 Å². The van der Waals surface area contributed by atoms with Gasteiger partial charge in [-0.1, -0.05) is 0 Å². The van der Waals surface area contributed by atoms with Crippen LogP contribution in [-0.4, -0.2) is 28.5 Å². The lowest BCUT2D eigenvalue weighted by Gasteiger charge is -2.47. The molecule has 1 aromatic heterocycles. The number of hydrogen-bond donors (Lipinski definition) is 1. The minimum Gasteiger partial charge on any atom is -0.477 e. The monoisotopic (exact) mass is 284 g/mol. The van der Waals surface area contributed by atoms with E-state index in [1.807, 2.05) is 17.1 Å². The summed E-state index contributed by atoms with van der Waals surface area (Å²) in [5.41, 5.74) is 0.168. The third-order valence-electron chi connectivity index (χ3n) is 3.80. The second kappa shape index (κ2) is 4.87. The maximum atomic E-state index is 10.8. The Hall–Kier alpha value is -0.520. The molecule has 3 rings (SSSR count). The molecule has 5 heteroatoms. The fourth-order valence-corrected chi connectivity index (χ4v) is 4.91. The molecule has 2 aliphatic rings. The molecule has 1 atom stereocenters. The fraction of sp³-hybridized carbons (Fsp3) is 0.615. The van der Waals surface area contributed by atoms with Crippen molar-refractivity contribution in [3.8, 4) is 0 Å². The van der Waals surface area contributed by atoms with Crippen molar-refractivity contribution < 1.29 is 14.6 Å². The van der Waals surface area contributed by atoms with E-state index in [1.54, 1.807) is 6.07 Å². The maximum absolute atomic E-state index is 10.8. The van der Waals surface area contributed by atoms with Crippen LogP contribution < -0.4 is 0 Å². The highest BCUT2D eigenvalue weighted by atomic mass is 32.2. The predicted octanol–water partition coefficient (Wildman–Crippen LogP) is 3.64. The van der Waals surface area contributed by atoms with E-state index < -0.39 is 5.97 Å². The first-order chi connectivity index (χ1) is 8.67. The number of rotatable bonds is 3. The molecule has 1 unspecified atom stereocenters. The van der Waals surface area contributed by atoms with Crippen molar-refractivity contribution in [3.05, 3.63) is 16.3 Å². The van der Waals surface area contributed by atoms with Crippen LogP contribution in [0.1, 0.15) is 41.8 Å². The molecule has 0 amide bonds. The summed E-state index contributed by atoms with van der Waals surface area (Å²) in [6.07, 6.45) is 5.89. The zero-order valence-electron chi connectivity index (χ0n) is 10.1. The van der Waals surface area contributed by atoms with Crippen LogP contribution in [0.25, 0.3) is 0 Å². The van der Waals surface area contributed by atoms with Crippen molar-refractivity contribution in [1.82, 2.24) is 0 Å². The SMILES string of the molecule is O=C(O)c1cc(SC2CCOC3(CCC3)C2)cs1. The summed E-state index contributed by atoms with van der Waals surface area (Å²) in [4.78, 5) is 12.4. The Morgan fingerprint density at radius 3 is 3.00 bits per heavy atom. The van der Waals surface area contributed by atoms with Crippen molar-refractivity contribution in [3.63, 3.8) is 0 Å². The third-order valence-corrected chi connectivity index (χ3v) is 6.11. The Labute approximate surface area is 115 Å². The van der Waals surface area contributed by atoms with E-state index >= 15 is 0 Å². The second-order valence-corrected chi connectivity index (χ2v) is 7.35. The lowest BCUT2D eigenvalue weighted by molar-refractivity contribution is -0.125. The van der Waals surface area contributed by atoms with Crippen LogP contribution in [0.3, 0.4) is 0 Å². The van der Waals surface area contributed by atoms with E-state index in [0.717, 1.165) is 24.3 Å². The zero-order chi connectivity index (χ0) is 12.6. The summed E-state index contributed by atoms with van der Waals surface area (Å²) in [5.74, 6) is -0.825. The van der Waals surface area contributed by atoms with E-state index in [0.29, 0.717) is 10.1 Å². The summed E-state index contributed by atoms with van der Waals surface area (Å²) in [5, 5.41) is 11.4. The van der Waals surface area contributed by atoms with Gasteiger partial charge in [-0.25, -0.2) is 4.79 Å². The van der Waals surface area contributed by atoms with Gasteiger partial charge in [0.15, 0.2) is 0 Å². The summed E-state index contributed by atoms with van der Waals surface area (Å²) < 4.78 is 5.91. The molecule has 1 aromatic rings. The van der Waals surface area contributed by atoms with Gasteiger partial charge in [0, 0.05) is 22.1 Å². The summed E-state index contributed by atoms with van der Waals surface area (Å²) in [6.45, 7) is 0.855. The van der Waals surface area contributed by atoms with Crippen LogP contribution in [0.5, 0.6) is 0 Å². The van der Waals surface area contributed by atoms with Crippen LogP contribution in [0.4, 0.5) is 0 Å². The van der Waals surface area contributed by atoms with Crippen LogP contribution >= 0.6 is 23.1 Å². The van der Waals surface area contributed by atoms with Gasteiger partial charge in [-0.05, 0) is 38.2 Å². The van der Waals surface area contributed by atoms with Crippen LogP contribution in [-0.2, 0) is 4.74 Å². The number of carboxylic acids is 1. The standard InChI is InChI=1S/C13H16O3S2/c14-12(15)11-6-10(8-17-11)18-9-2-5-16-13(7-9)3-1-4-13/h6,8-9H,1-5,7H2,(H,14,15). The normalized spacial score (nSPS) is 25.9. The van der Waals surface area contributed by atoms with E-state index in [4.69, 9.17) is 9.84 Å². The lowest BCUT2D eigenvalue weighted by atomic mass is 9.75. The van der Waals surface area contributed by atoms with Crippen molar-refractivity contribution >= 4 is 29.1 Å². The first kappa shape index (κ1) is 12.5. The highest BCUT2D eigenvalue weighted by Crippen LogP contribution is 2.46. The first-order valence-electron chi connectivity index (χ1n) is 6.29. The molecule has 98 valence electrons. The maximum Gasteiger partial charge on any atom is 0.345 e. The zero-order valence-corrected chi connectivity index (χ0v) is 11.7. The molecule has 18 heavy (non-hydrogen) atoms. The average Bonchev–Trinajstić information content (AvgIpc) is 2.76. The van der Waals surface area contributed by atoms with Gasteiger partial charge in [0.25, 0.3) is 0 Å². The highest BCUT2D eigenvalue weighted by molar-refractivity contribution is 8.00. The van der Waals surface area contributed by atoms with Gasteiger partial charge >= 0.3 is 5.97 Å². The molecule has 3 nitrogen and oxygen atoms in total. The van der Waals surface area contributed by atoms with Gasteiger partial charge in [0.05, 0.1) is 5.60 Å². The number of aromatic carboxylic acids is 1. The van der Waals surface area contributed by atoms with Crippen LogP contribution in [0, 0.1) is 0 Å². The van der Waals surface area contributed by atoms with Crippen LogP contribution in [0.2, 0.25) is 0 Å². The first-order valence-corrected chi connectivity index (χ1v) is 8.05. The number of carbonyl (C=O) groups is 1. The van der Waals surface area contributed by atoms with E-state index in [2.05, 4.69) is 0 Å². The summed E-state index contributed by atoms with van der Waals surface area (Å²) >= 11 is 3.14. The Bertz CT molecular complexity index is 451. The molecule has 1 N–H and O–H groups in total. The number of ether oxygens (including phenoxy) is 1. The van der Waals surface area contributed by atoms with Gasteiger partial charge in [-0.3, -0.25) is 0 Å². The smallest absolute Gasteiger partial charge is 0.345 e. The molecule has 0 radical (unpaired) electrons. The Kier molecular flexibility index (Phi) is 3.38. The average molecular weight is 284 g/mol. The molecule has 0 bridgehead atoms. The van der Waals surface area contributed by atoms with Gasteiger partial charge < -0.3 is 9.84 Å². The number of thiophene rings is 1. The Morgan fingerprint density at radius 2 is 2.39 bits per heavy atom. The van der Waals surface area contributed by atoms with Crippen molar-refractivity contribution in [2.45, 2.75) is 47.9 Å². The minimum absolute atomic E-state index is 0.168. The van der Waals surface area contributed by atoms with Gasteiger partial charge in [0.1, 0.15) is 4.88 Å². The fourth-order valence-electron chi connectivity index (χ4n) is 2.69. The Morgan fingerprint density at radius 1 is 1.56 bits per heavy atom. The molecule has 1 aliphatic heterocycles. The molecule has 1 saturated carbocycles. The third kappa shape index (κ3) is 2.44. The summed E-state index contributed by atoms with van der Waals surface area (Å²) in [6, 6.07) is 1.79. The van der Waals surface area contributed by atoms with E-state index in [1.165, 1.54) is 30.6 Å². The molecular formula is C13H16O3S2. The molecule has 1 spiro atoms. The van der Waals surface area contributed by atoms with Crippen molar-refractivity contribution in [2.75, 3.05) is 6.61 Å². The topological polar surface area (TPSA) is 46.5 Å². The van der Waals surface area contributed by atoms with Crippen molar-refractivity contribution in [1.29, 1.82) is 0 Å². The van der Waals surface area contributed by atoms with E-state index in [9.17, 15) is 4.79 Å². The number of thioether (sulfide) groups is 1. The molecule has 2 fully saturated rings. The number of hydrogen-bond acceptors (Lipinski definition) is 4. The number of carboxylic acid groups (broad SMARTS) is 1. The molecule has 0 aromatic carbocycles. The predicted molar refractivity (Wildman–Crippen MR) is 72.7 cm³/mol. The van der Waals surface area contributed by atoms with Crippen LogP contribution in [0.15, 0.2) is 16.3 Å². The molecule has 1 aliphatic carbocycles. The van der Waals surface area contributed by atoms with Gasteiger partial charge in [-0.2, -0.15) is 0 Å². The molecule has 1 saturated heterocycles. The largest absolute Gasteiger partial charge is 0.477 e. The second-order valence-electron chi connectivity index (χ2n) is 5.07. The molecule has 2 heterocycles. The summed E-state index contributed by atoms with van der Waals surface area (Å²) in [7, 11) is 0. The minimum atomic E-state index is -0.825. The highest BCUT2D eigenvalue weighted by Gasteiger charge is 2.42.